The van der Waals surface area contributed by atoms with E-state index in [0.29, 0.717) is 12.3 Å². The second kappa shape index (κ2) is 6.68. The largest absolute Gasteiger partial charge is 0.332 e. The summed E-state index contributed by atoms with van der Waals surface area (Å²) < 4.78 is 0.935. The highest BCUT2D eigenvalue weighted by atomic mass is 79.9. The maximum absolute atomic E-state index is 12.4. The SMILES string of the molecule is CC(C)CN1C(=O)CCCC(N)C1c1ccc(Br)cn1. The Balaban J connectivity index is 2.35. The molecule has 5 heteroatoms. The Hall–Kier alpha value is -0.940. The minimum absolute atomic E-state index is 0.0473. The lowest BCUT2D eigenvalue weighted by molar-refractivity contribution is -0.134. The molecule has 110 valence electrons. The van der Waals surface area contributed by atoms with Crippen molar-refractivity contribution in [2.45, 2.75) is 45.2 Å². The first kappa shape index (κ1) is 15.4. The van der Waals surface area contributed by atoms with Crippen molar-refractivity contribution in [3.05, 3.63) is 28.5 Å². The van der Waals surface area contributed by atoms with Gasteiger partial charge in [-0.15, -0.1) is 0 Å². The van der Waals surface area contributed by atoms with Crippen LogP contribution in [0.1, 0.15) is 44.8 Å². The summed E-state index contributed by atoms with van der Waals surface area (Å²) in [5.74, 6) is 0.614. The molecule has 2 N–H and O–H groups in total. The van der Waals surface area contributed by atoms with Gasteiger partial charge in [0.15, 0.2) is 0 Å². The van der Waals surface area contributed by atoms with Crippen molar-refractivity contribution in [3.8, 4) is 0 Å². The summed E-state index contributed by atoms with van der Waals surface area (Å²) >= 11 is 3.39. The lowest BCUT2D eigenvalue weighted by Crippen LogP contribution is -2.44. The summed E-state index contributed by atoms with van der Waals surface area (Å²) in [5, 5.41) is 0. The van der Waals surface area contributed by atoms with Crippen molar-refractivity contribution in [3.63, 3.8) is 0 Å². The molecule has 2 rings (SSSR count). The van der Waals surface area contributed by atoms with Crippen LogP contribution in [0.5, 0.6) is 0 Å². The molecule has 2 atom stereocenters. The topological polar surface area (TPSA) is 59.2 Å². The molecular formula is C15H22BrN3O. The van der Waals surface area contributed by atoms with Gasteiger partial charge in [0.2, 0.25) is 5.91 Å². The molecule has 0 bridgehead atoms. The molecule has 1 aliphatic rings. The number of halogens is 1. The number of carbonyl (C=O) groups is 1. The highest BCUT2D eigenvalue weighted by Crippen LogP contribution is 2.30. The van der Waals surface area contributed by atoms with E-state index in [4.69, 9.17) is 5.73 Å². The van der Waals surface area contributed by atoms with Crippen molar-refractivity contribution in [2.75, 3.05) is 6.54 Å². The molecule has 2 heterocycles. The number of hydrogen-bond acceptors (Lipinski definition) is 3. The Bertz CT molecular complexity index is 461. The molecule has 20 heavy (non-hydrogen) atoms. The van der Waals surface area contributed by atoms with Gasteiger partial charge in [-0.05, 0) is 46.8 Å². The summed E-state index contributed by atoms with van der Waals surface area (Å²) in [7, 11) is 0. The number of hydrogen-bond donors (Lipinski definition) is 1. The lowest BCUT2D eigenvalue weighted by atomic mass is 9.99. The van der Waals surface area contributed by atoms with Crippen LogP contribution in [0.15, 0.2) is 22.8 Å². The van der Waals surface area contributed by atoms with Crippen LogP contribution in [-0.4, -0.2) is 28.4 Å². The van der Waals surface area contributed by atoms with Crippen molar-refractivity contribution in [1.29, 1.82) is 0 Å². The van der Waals surface area contributed by atoms with Gasteiger partial charge >= 0.3 is 0 Å². The summed E-state index contributed by atoms with van der Waals surface area (Å²) in [5.41, 5.74) is 7.22. The van der Waals surface area contributed by atoms with Crippen LogP contribution in [0, 0.1) is 5.92 Å². The van der Waals surface area contributed by atoms with E-state index < -0.39 is 0 Å². The summed E-state index contributed by atoms with van der Waals surface area (Å²) in [6, 6.07) is 3.76. The van der Waals surface area contributed by atoms with E-state index in [1.165, 1.54) is 0 Å². The fourth-order valence-corrected chi connectivity index (χ4v) is 2.96. The number of rotatable bonds is 3. The molecule has 0 aliphatic carbocycles. The van der Waals surface area contributed by atoms with E-state index in [1.54, 1.807) is 6.20 Å². The van der Waals surface area contributed by atoms with Crippen LogP contribution < -0.4 is 5.73 Å². The molecule has 0 radical (unpaired) electrons. The number of nitrogens with zero attached hydrogens (tertiary/aromatic N) is 2. The maximum atomic E-state index is 12.4. The Kier molecular flexibility index (Phi) is 5.16. The van der Waals surface area contributed by atoms with Crippen molar-refractivity contribution < 1.29 is 4.79 Å². The fraction of sp³-hybridized carbons (Fsp3) is 0.600. The molecule has 1 saturated heterocycles. The van der Waals surface area contributed by atoms with Crippen molar-refractivity contribution in [1.82, 2.24) is 9.88 Å². The van der Waals surface area contributed by atoms with Crippen LogP contribution in [0.3, 0.4) is 0 Å². The number of amides is 1. The third-order valence-electron chi connectivity index (χ3n) is 3.60. The Labute approximate surface area is 128 Å². The third-order valence-corrected chi connectivity index (χ3v) is 4.07. The molecule has 1 aliphatic heterocycles. The smallest absolute Gasteiger partial charge is 0.223 e. The average Bonchev–Trinajstić information content (AvgIpc) is 2.51. The van der Waals surface area contributed by atoms with Gasteiger partial charge in [-0.25, -0.2) is 0 Å². The van der Waals surface area contributed by atoms with E-state index >= 15 is 0 Å². The molecule has 1 fully saturated rings. The van der Waals surface area contributed by atoms with E-state index in [0.717, 1.165) is 29.6 Å². The van der Waals surface area contributed by atoms with Gasteiger partial charge in [-0.2, -0.15) is 0 Å². The zero-order chi connectivity index (χ0) is 14.7. The first-order valence-electron chi connectivity index (χ1n) is 7.15. The Morgan fingerprint density at radius 3 is 2.85 bits per heavy atom. The van der Waals surface area contributed by atoms with E-state index in [9.17, 15) is 4.79 Å². The first-order valence-corrected chi connectivity index (χ1v) is 7.95. The first-order chi connectivity index (χ1) is 9.49. The number of carbonyl (C=O) groups excluding carboxylic acids is 1. The average molecular weight is 340 g/mol. The van der Waals surface area contributed by atoms with Crippen LogP contribution >= 0.6 is 15.9 Å². The van der Waals surface area contributed by atoms with Crippen LogP contribution in [0.25, 0.3) is 0 Å². The fourth-order valence-electron chi connectivity index (χ4n) is 2.73. The van der Waals surface area contributed by atoms with Gasteiger partial charge in [0.1, 0.15) is 0 Å². The molecule has 1 amide bonds. The van der Waals surface area contributed by atoms with Crippen molar-refractivity contribution in [2.24, 2.45) is 11.7 Å². The van der Waals surface area contributed by atoms with Gasteiger partial charge < -0.3 is 10.6 Å². The number of nitrogens with two attached hydrogens (primary N) is 1. The quantitative estimate of drug-likeness (QED) is 0.920. The van der Waals surface area contributed by atoms with Gasteiger partial charge in [0.05, 0.1) is 11.7 Å². The van der Waals surface area contributed by atoms with E-state index in [-0.39, 0.29) is 18.0 Å². The standard InChI is InChI=1S/C15H22BrN3O/c1-10(2)9-19-14(20)5-3-4-12(17)15(19)13-7-6-11(16)8-18-13/h6-8,10,12,15H,3-5,9,17H2,1-2H3. The molecule has 0 saturated carbocycles. The molecule has 1 aromatic rings. The molecule has 2 unspecified atom stereocenters. The Morgan fingerprint density at radius 2 is 2.25 bits per heavy atom. The van der Waals surface area contributed by atoms with Crippen LogP contribution in [0.4, 0.5) is 0 Å². The van der Waals surface area contributed by atoms with Crippen molar-refractivity contribution >= 4 is 21.8 Å². The van der Waals surface area contributed by atoms with Gasteiger partial charge in [0.25, 0.3) is 0 Å². The van der Waals surface area contributed by atoms with Crippen LogP contribution in [-0.2, 0) is 4.79 Å². The van der Waals surface area contributed by atoms with Crippen LogP contribution in [0.2, 0.25) is 0 Å². The second-order valence-electron chi connectivity index (χ2n) is 5.84. The van der Waals surface area contributed by atoms with Gasteiger partial charge in [0, 0.05) is 29.7 Å². The predicted molar refractivity (Wildman–Crippen MR) is 83.1 cm³/mol. The number of aromatic nitrogens is 1. The van der Waals surface area contributed by atoms with Gasteiger partial charge in [-0.1, -0.05) is 13.8 Å². The zero-order valence-electron chi connectivity index (χ0n) is 12.1. The number of pyridine rings is 1. The molecule has 0 aromatic carbocycles. The minimum Gasteiger partial charge on any atom is -0.332 e. The maximum Gasteiger partial charge on any atom is 0.223 e. The number of likely N-dealkylation sites (tertiary alicyclic amines) is 1. The lowest BCUT2D eigenvalue weighted by Gasteiger charge is -2.34. The summed E-state index contributed by atoms with van der Waals surface area (Å²) in [6.07, 6.45) is 4.09. The summed E-state index contributed by atoms with van der Waals surface area (Å²) in [4.78, 5) is 18.8. The zero-order valence-corrected chi connectivity index (χ0v) is 13.6. The minimum atomic E-state index is -0.111. The molecular weight excluding hydrogens is 318 g/mol. The second-order valence-corrected chi connectivity index (χ2v) is 6.76. The Morgan fingerprint density at radius 1 is 1.50 bits per heavy atom. The summed E-state index contributed by atoms with van der Waals surface area (Å²) in [6.45, 7) is 4.97. The van der Waals surface area contributed by atoms with Gasteiger partial charge in [-0.3, -0.25) is 9.78 Å². The molecule has 0 spiro atoms. The highest BCUT2D eigenvalue weighted by Gasteiger charge is 2.33. The molecule has 1 aromatic heterocycles. The predicted octanol–water partition coefficient (Wildman–Crippen LogP) is 2.88. The monoisotopic (exact) mass is 339 g/mol. The third kappa shape index (κ3) is 3.58. The normalized spacial score (nSPS) is 24.1. The van der Waals surface area contributed by atoms with E-state index in [2.05, 4.69) is 34.8 Å². The highest BCUT2D eigenvalue weighted by molar-refractivity contribution is 9.10. The van der Waals surface area contributed by atoms with E-state index in [1.807, 2.05) is 17.0 Å². The molecule has 4 nitrogen and oxygen atoms in total.